The first-order valence-electron chi connectivity index (χ1n) is 6.77. The average Bonchev–Trinajstić information content (AvgIpc) is 2.47. The van der Waals surface area contributed by atoms with Gasteiger partial charge in [-0.3, -0.25) is 9.59 Å². The third-order valence-corrected chi connectivity index (χ3v) is 3.73. The molecule has 1 amide bonds. The molecule has 0 saturated carbocycles. The van der Waals surface area contributed by atoms with Gasteiger partial charge in [-0.2, -0.15) is 0 Å². The standard InChI is InChI=1S/C17H15Cl2NO2/c1-11(21)16(10-12-3-2-4-14(19)9-12)17(22)20-15-7-5-13(18)6-8-15/h2-9,16H,10H2,1H3,(H,20,22). The number of benzene rings is 2. The lowest BCUT2D eigenvalue weighted by Gasteiger charge is -2.14. The molecule has 3 nitrogen and oxygen atoms in total. The molecule has 0 aliphatic rings. The first kappa shape index (κ1) is 16.5. The van der Waals surface area contributed by atoms with Crippen LogP contribution in [0.15, 0.2) is 48.5 Å². The summed E-state index contributed by atoms with van der Waals surface area (Å²) in [6.45, 7) is 1.41. The van der Waals surface area contributed by atoms with Crippen molar-refractivity contribution >= 4 is 40.6 Å². The van der Waals surface area contributed by atoms with Crippen molar-refractivity contribution in [1.29, 1.82) is 0 Å². The summed E-state index contributed by atoms with van der Waals surface area (Å²) in [6.07, 6.45) is 0.315. The smallest absolute Gasteiger partial charge is 0.235 e. The quantitative estimate of drug-likeness (QED) is 0.824. The van der Waals surface area contributed by atoms with Gasteiger partial charge in [0.2, 0.25) is 5.91 Å². The molecule has 0 aliphatic heterocycles. The molecule has 0 saturated heterocycles. The summed E-state index contributed by atoms with van der Waals surface area (Å²) >= 11 is 11.7. The second-order valence-corrected chi connectivity index (χ2v) is 5.87. The predicted molar refractivity (Wildman–Crippen MR) is 89.4 cm³/mol. The van der Waals surface area contributed by atoms with Gasteiger partial charge < -0.3 is 5.32 Å². The number of ketones is 1. The number of carbonyl (C=O) groups is 2. The van der Waals surface area contributed by atoms with E-state index >= 15 is 0 Å². The van der Waals surface area contributed by atoms with Crippen molar-refractivity contribution in [2.45, 2.75) is 13.3 Å². The molecular formula is C17H15Cl2NO2. The Bertz CT molecular complexity index is 683. The van der Waals surface area contributed by atoms with Crippen LogP contribution in [0.4, 0.5) is 5.69 Å². The van der Waals surface area contributed by atoms with Crippen LogP contribution in [0.5, 0.6) is 0 Å². The molecule has 5 heteroatoms. The molecule has 1 N–H and O–H groups in total. The molecule has 0 fully saturated rings. The Hall–Kier alpha value is -1.84. The summed E-state index contributed by atoms with van der Waals surface area (Å²) in [6, 6.07) is 13.9. The monoisotopic (exact) mass is 335 g/mol. The fourth-order valence-corrected chi connectivity index (χ4v) is 2.42. The van der Waals surface area contributed by atoms with Crippen LogP contribution in [0, 0.1) is 5.92 Å². The van der Waals surface area contributed by atoms with E-state index in [-0.39, 0.29) is 11.7 Å². The van der Waals surface area contributed by atoms with Crippen molar-refractivity contribution < 1.29 is 9.59 Å². The van der Waals surface area contributed by atoms with Gasteiger partial charge in [0.05, 0.1) is 0 Å². The van der Waals surface area contributed by atoms with Crippen molar-refractivity contribution in [3.8, 4) is 0 Å². The summed E-state index contributed by atoms with van der Waals surface area (Å²) in [4.78, 5) is 24.1. The topological polar surface area (TPSA) is 46.2 Å². The second kappa shape index (κ2) is 7.43. The van der Waals surface area contributed by atoms with Crippen LogP contribution >= 0.6 is 23.2 Å². The minimum atomic E-state index is -0.755. The van der Waals surface area contributed by atoms with Crippen molar-refractivity contribution in [2.24, 2.45) is 5.92 Å². The Kier molecular flexibility index (Phi) is 5.58. The lowest BCUT2D eigenvalue weighted by atomic mass is 9.95. The summed E-state index contributed by atoms with van der Waals surface area (Å²) in [5.74, 6) is -1.28. The number of hydrogen-bond acceptors (Lipinski definition) is 2. The number of Topliss-reactive ketones (excluding diaryl/α,β-unsaturated/α-hetero) is 1. The molecule has 0 bridgehead atoms. The summed E-state index contributed by atoms with van der Waals surface area (Å²) in [5.41, 5.74) is 1.45. The molecule has 2 aromatic rings. The zero-order valence-electron chi connectivity index (χ0n) is 12.0. The fraction of sp³-hybridized carbons (Fsp3) is 0.176. The van der Waals surface area contributed by atoms with E-state index < -0.39 is 5.92 Å². The zero-order valence-corrected chi connectivity index (χ0v) is 13.5. The summed E-state index contributed by atoms with van der Waals surface area (Å²) < 4.78 is 0. The van der Waals surface area contributed by atoms with Crippen LogP contribution < -0.4 is 5.32 Å². The Morgan fingerprint density at radius 1 is 1.05 bits per heavy atom. The largest absolute Gasteiger partial charge is 0.325 e. The van der Waals surface area contributed by atoms with Gasteiger partial charge in [0.1, 0.15) is 11.7 Å². The van der Waals surface area contributed by atoms with Gasteiger partial charge in [-0.15, -0.1) is 0 Å². The van der Waals surface area contributed by atoms with E-state index in [1.807, 2.05) is 6.07 Å². The van der Waals surface area contributed by atoms with Gasteiger partial charge in [-0.25, -0.2) is 0 Å². The normalized spacial score (nSPS) is 11.8. The van der Waals surface area contributed by atoms with Crippen LogP contribution in [0.3, 0.4) is 0 Å². The molecule has 0 aromatic heterocycles. The first-order chi connectivity index (χ1) is 10.5. The van der Waals surface area contributed by atoms with E-state index in [1.54, 1.807) is 42.5 Å². The van der Waals surface area contributed by atoms with Crippen molar-refractivity contribution in [3.05, 3.63) is 64.1 Å². The number of rotatable bonds is 5. The summed E-state index contributed by atoms with van der Waals surface area (Å²) in [7, 11) is 0. The van der Waals surface area contributed by atoms with Crippen molar-refractivity contribution in [1.82, 2.24) is 0 Å². The van der Waals surface area contributed by atoms with Crippen LogP contribution in [0.2, 0.25) is 10.0 Å². The lowest BCUT2D eigenvalue weighted by Crippen LogP contribution is -2.30. The van der Waals surface area contributed by atoms with Crippen LogP contribution in [0.1, 0.15) is 12.5 Å². The number of anilines is 1. The number of amides is 1. The highest BCUT2D eigenvalue weighted by atomic mass is 35.5. The first-order valence-corrected chi connectivity index (χ1v) is 7.52. The SMILES string of the molecule is CC(=O)C(Cc1cccc(Cl)c1)C(=O)Nc1ccc(Cl)cc1. The summed E-state index contributed by atoms with van der Waals surface area (Å²) in [5, 5.41) is 3.90. The Balaban J connectivity index is 2.11. The maximum atomic E-state index is 12.3. The van der Waals surface area contributed by atoms with Gasteiger partial charge in [-0.1, -0.05) is 35.3 Å². The van der Waals surface area contributed by atoms with Crippen molar-refractivity contribution in [3.63, 3.8) is 0 Å². The Morgan fingerprint density at radius 3 is 2.32 bits per heavy atom. The van der Waals surface area contributed by atoms with E-state index in [1.165, 1.54) is 6.92 Å². The number of carbonyl (C=O) groups excluding carboxylic acids is 2. The molecule has 0 spiro atoms. The molecular weight excluding hydrogens is 321 g/mol. The molecule has 0 radical (unpaired) electrons. The molecule has 0 heterocycles. The van der Waals surface area contributed by atoms with E-state index in [0.29, 0.717) is 22.2 Å². The van der Waals surface area contributed by atoms with Gasteiger partial charge in [0, 0.05) is 15.7 Å². The minimum Gasteiger partial charge on any atom is -0.325 e. The fourth-order valence-electron chi connectivity index (χ4n) is 2.08. The minimum absolute atomic E-state index is 0.188. The average molecular weight is 336 g/mol. The lowest BCUT2D eigenvalue weighted by molar-refractivity contribution is -0.129. The molecule has 2 aromatic carbocycles. The van der Waals surface area contributed by atoms with E-state index in [0.717, 1.165) is 5.56 Å². The van der Waals surface area contributed by atoms with Crippen LogP contribution in [0.25, 0.3) is 0 Å². The Labute approximate surface area is 139 Å². The van der Waals surface area contributed by atoms with Gasteiger partial charge in [-0.05, 0) is 55.3 Å². The zero-order chi connectivity index (χ0) is 16.1. The highest BCUT2D eigenvalue weighted by Gasteiger charge is 2.23. The molecule has 114 valence electrons. The van der Waals surface area contributed by atoms with E-state index in [4.69, 9.17) is 23.2 Å². The molecule has 2 rings (SSSR count). The molecule has 1 unspecified atom stereocenters. The van der Waals surface area contributed by atoms with Crippen LogP contribution in [-0.2, 0) is 16.0 Å². The van der Waals surface area contributed by atoms with Crippen LogP contribution in [-0.4, -0.2) is 11.7 Å². The predicted octanol–water partition coefficient (Wildman–Crippen LogP) is 4.38. The highest BCUT2D eigenvalue weighted by Crippen LogP contribution is 2.18. The number of hydrogen-bond donors (Lipinski definition) is 1. The highest BCUT2D eigenvalue weighted by molar-refractivity contribution is 6.31. The second-order valence-electron chi connectivity index (χ2n) is 4.99. The Morgan fingerprint density at radius 2 is 1.73 bits per heavy atom. The maximum absolute atomic E-state index is 12.3. The number of nitrogens with one attached hydrogen (secondary N) is 1. The third kappa shape index (κ3) is 4.58. The van der Waals surface area contributed by atoms with E-state index in [9.17, 15) is 9.59 Å². The van der Waals surface area contributed by atoms with Crippen molar-refractivity contribution in [2.75, 3.05) is 5.32 Å². The van der Waals surface area contributed by atoms with Gasteiger partial charge in [0.25, 0.3) is 0 Å². The van der Waals surface area contributed by atoms with Gasteiger partial charge >= 0.3 is 0 Å². The molecule has 0 aliphatic carbocycles. The van der Waals surface area contributed by atoms with Gasteiger partial charge in [0.15, 0.2) is 0 Å². The third-order valence-electron chi connectivity index (χ3n) is 3.25. The number of halogens is 2. The molecule has 1 atom stereocenters. The van der Waals surface area contributed by atoms with E-state index in [2.05, 4.69) is 5.32 Å². The maximum Gasteiger partial charge on any atom is 0.235 e. The molecule has 22 heavy (non-hydrogen) atoms.